The van der Waals surface area contributed by atoms with E-state index in [1.807, 2.05) is 42.5 Å². The lowest BCUT2D eigenvalue weighted by atomic mass is 9.47. The molecule has 0 spiro atoms. The number of nitrogens with zero attached hydrogens (tertiary/aromatic N) is 2. The number of hydrogen-bond acceptors (Lipinski definition) is 4. The number of carbonyl (C=O) groups excluding carboxylic acids is 1. The fourth-order valence-corrected chi connectivity index (χ4v) is 10.2. The molecule has 4 aliphatic rings. The summed E-state index contributed by atoms with van der Waals surface area (Å²) in [7, 11) is 0. The van der Waals surface area contributed by atoms with E-state index in [2.05, 4.69) is 50.9 Å². The van der Waals surface area contributed by atoms with Crippen LogP contribution in [0.4, 0.5) is 11.4 Å². The van der Waals surface area contributed by atoms with Crippen LogP contribution in [-0.4, -0.2) is 12.1 Å². The number of esters is 1. The molecule has 8 atom stereocenters. The highest BCUT2D eigenvalue weighted by Crippen LogP contribution is 2.67. The van der Waals surface area contributed by atoms with Crippen molar-refractivity contribution in [3.05, 3.63) is 71.8 Å². The third kappa shape index (κ3) is 6.20. The molecular formula is C40H54N2O2. The van der Waals surface area contributed by atoms with Crippen LogP contribution in [-0.2, 0) is 4.74 Å². The topological polar surface area (TPSA) is 51.0 Å². The first-order chi connectivity index (χ1) is 21.2. The van der Waals surface area contributed by atoms with Crippen molar-refractivity contribution in [2.45, 2.75) is 111 Å². The largest absolute Gasteiger partial charge is 0.458 e. The normalized spacial score (nSPS) is 33.8. The van der Waals surface area contributed by atoms with Crippen molar-refractivity contribution in [1.29, 1.82) is 0 Å². The van der Waals surface area contributed by atoms with E-state index in [0.29, 0.717) is 11.0 Å². The fourth-order valence-electron chi connectivity index (χ4n) is 10.2. The second-order valence-electron chi connectivity index (χ2n) is 15.6. The van der Waals surface area contributed by atoms with Gasteiger partial charge in [-0.3, -0.25) is 0 Å². The summed E-state index contributed by atoms with van der Waals surface area (Å²) in [6.07, 6.45) is 16.6. The van der Waals surface area contributed by atoms with E-state index in [9.17, 15) is 4.79 Å². The van der Waals surface area contributed by atoms with Gasteiger partial charge in [0.05, 0.1) is 16.9 Å². The van der Waals surface area contributed by atoms with Crippen molar-refractivity contribution in [2.24, 2.45) is 56.6 Å². The molecule has 0 amide bonds. The molecule has 6 rings (SSSR count). The highest BCUT2D eigenvalue weighted by Gasteiger charge is 2.59. The lowest BCUT2D eigenvalue weighted by Crippen LogP contribution is -2.51. The number of carbonyl (C=O) groups is 1. The lowest BCUT2D eigenvalue weighted by molar-refractivity contribution is -0.0594. The van der Waals surface area contributed by atoms with Crippen LogP contribution in [0.15, 0.2) is 76.5 Å². The first-order valence-electron chi connectivity index (χ1n) is 17.6. The predicted octanol–water partition coefficient (Wildman–Crippen LogP) is 11.7. The van der Waals surface area contributed by atoms with Crippen molar-refractivity contribution in [1.82, 2.24) is 0 Å². The van der Waals surface area contributed by atoms with Crippen molar-refractivity contribution in [2.75, 3.05) is 0 Å². The Balaban J connectivity index is 1.06. The highest BCUT2D eigenvalue weighted by atomic mass is 16.5. The van der Waals surface area contributed by atoms with Gasteiger partial charge in [0.2, 0.25) is 0 Å². The summed E-state index contributed by atoms with van der Waals surface area (Å²) in [5.41, 5.74) is 4.46. The summed E-state index contributed by atoms with van der Waals surface area (Å²) >= 11 is 0. The number of rotatable bonds is 9. The molecule has 0 saturated heterocycles. The highest BCUT2D eigenvalue weighted by molar-refractivity contribution is 5.89. The zero-order valence-electron chi connectivity index (χ0n) is 27.8. The minimum Gasteiger partial charge on any atom is -0.458 e. The predicted molar refractivity (Wildman–Crippen MR) is 179 cm³/mol. The number of azo groups is 1. The molecule has 0 N–H and O–H groups in total. The van der Waals surface area contributed by atoms with Crippen molar-refractivity contribution >= 4 is 17.3 Å². The van der Waals surface area contributed by atoms with Crippen molar-refractivity contribution in [3.63, 3.8) is 0 Å². The van der Waals surface area contributed by atoms with E-state index in [-0.39, 0.29) is 17.5 Å². The van der Waals surface area contributed by atoms with Crippen molar-refractivity contribution < 1.29 is 9.53 Å². The Bertz CT molecular complexity index is 1350. The first-order valence-corrected chi connectivity index (χ1v) is 17.6. The Morgan fingerprint density at radius 3 is 2.32 bits per heavy atom. The van der Waals surface area contributed by atoms with Crippen LogP contribution >= 0.6 is 0 Å². The summed E-state index contributed by atoms with van der Waals surface area (Å²) < 4.78 is 6.12. The molecule has 0 radical (unpaired) electrons. The molecule has 4 nitrogen and oxygen atoms in total. The summed E-state index contributed by atoms with van der Waals surface area (Å²) in [6.45, 7) is 12.5. The zero-order chi connectivity index (χ0) is 30.9. The molecule has 0 aliphatic heterocycles. The maximum Gasteiger partial charge on any atom is 0.338 e. The third-order valence-corrected chi connectivity index (χ3v) is 12.7. The Morgan fingerprint density at radius 2 is 1.59 bits per heavy atom. The summed E-state index contributed by atoms with van der Waals surface area (Å²) in [4.78, 5) is 13.1. The summed E-state index contributed by atoms with van der Waals surface area (Å²) in [5.74, 6) is 4.82. The van der Waals surface area contributed by atoms with Gasteiger partial charge in [0.1, 0.15) is 6.10 Å². The molecule has 4 heteroatoms. The average Bonchev–Trinajstić information content (AvgIpc) is 3.38. The van der Waals surface area contributed by atoms with Gasteiger partial charge in [-0.1, -0.05) is 83.7 Å². The smallest absolute Gasteiger partial charge is 0.338 e. The van der Waals surface area contributed by atoms with Gasteiger partial charge >= 0.3 is 5.97 Å². The zero-order valence-corrected chi connectivity index (χ0v) is 27.8. The SMILES string of the molecule is CC(C)CCCC(C)C1CCC2C3CC=C4CC(OC(=O)c5ccc(N=Nc6ccccc6)cc5)CCC4(C)C3CCC12C. The second-order valence-corrected chi connectivity index (χ2v) is 15.6. The van der Waals surface area contributed by atoms with E-state index in [4.69, 9.17) is 4.74 Å². The molecule has 8 unspecified atom stereocenters. The molecule has 3 fully saturated rings. The first kappa shape index (κ1) is 31.2. The van der Waals surface area contributed by atoms with Crippen LogP contribution in [0.25, 0.3) is 0 Å². The Kier molecular flexibility index (Phi) is 9.18. The molecule has 4 aliphatic carbocycles. The number of fused-ring (bicyclic) bond motifs is 5. The van der Waals surface area contributed by atoms with Gasteiger partial charge in [0, 0.05) is 6.42 Å². The fraction of sp³-hybridized carbons (Fsp3) is 0.625. The Hall–Kier alpha value is -2.75. The van der Waals surface area contributed by atoms with Gasteiger partial charge in [-0.05, 0) is 128 Å². The molecule has 0 heterocycles. The molecule has 44 heavy (non-hydrogen) atoms. The van der Waals surface area contributed by atoms with Gasteiger partial charge in [-0.2, -0.15) is 10.2 Å². The minimum absolute atomic E-state index is 0.0350. The maximum atomic E-state index is 13.1. The molecule has 2 aromatic carbocycles. The van der Waals surface area contributed by atoms with Crippen LogP contribution in [0.5, 0.6) is 0 Å². The van der Waals surface area contributed by atoms with Gasteiger partial charge < -0.3 is 4.74 Å². The molecular weight excluding hydrogens is 540 g/mol. The standard InChI is InChI=1S/C40H54N2O2/c1-27(2)10-9-11-28(3)35-20-21-36-34-19-16-30-26-33(22-24-39(30,4)37(34)23-25-40(35,36)5)44-38(43)29-14-17-32(18-15-29)42-41-31-12-7-6-8-13-31/h6-8,12-18,27-28,33-37H,9-11,19-26H2,1-5H3. The molecule has 0 bridgehead atoms. The summed E-state index contributed by atoms with van der Waals surface area (Å²) in [5, 5.41) is 8.57. The van der Waals surface area contributed by atoms with E-state index >= 15 is 0 Å². The van der Waals surface area contributed by atoms with Gasteiger partial charge in [0.15, 0.2) is 0 Å². The van der Waals surface area contributed by atoms with E-state index in [0.717, 1.165) is 66.1 Å². The quantitative estimate of drug-likeness (QED) is 0.165. The number of benzene rings is 2. The third-order valence-electron chi connectivity index (χ3n) is 12.7. The van der Waals surface area contributed by atoms with Crippen LogP contribution in [0.2, 0.25) is 0 Å². The number of ether oxygens (including phenoxy) is 1. The van der Waals surface area contributed by atoms with Gasteiger partial charge in [-0.25, -0.2) is 4.79 Å². The molecule has 236 valence electrons. The molecule has 2 aromatic rings. The minimum atomic E-state index is -0.229. The van der Waals surface area contributed by atoms with Crippen LogP contribution in [0, 0.1) is 46.3 Å². The van der Waals surface area contributed by atoms with E-state index in [1.54, 1.807) is 17.7 Å². The van der Waals surface area contributed by atoms with Crippen molar-refractivity contribution in [3.8, 4) is 0 Å². The summed E-state index contributed by atoms with van der Waals surface area (Å²) in [6, 6.07) is 16.9. The molecule has 0 aromatic heterocycles. The molecule has 3 saturated carbocycles. The number of allylic oxidation sites excluding steroid dienone is 1. The van der Waals surface area contributed by atoms with Crippen LogP contribution in [0.1, 0.15) is 116 Å². The van der Waals surface area contributed by atoms with E-state index in [1.165, 1.54) is 51.4 Å². The maximum absolute atomic E-state index is 13.1. The average molecular weight is 595 g/mol. The Labute approximate surface area is 266 Å². The lowest BCUT2D eigenvalue weighted by Gasteiger charge is -2.58. The second kappa shape index (κ2) is 12.9. The van der Waals surface area contributed by atoms with E-state index < -0.39 is 0 Å². The monoisotopic (exact) mass is 594 g/mol. The van der Waals surface area contributed by atoms with Gasteiger partial charge in [0.25, 0.3) is 0 Å². The van der Waals surface area contributed by atoms with Gasteiger partial charge in [-0.15, -0.1) is 0 Å². The Morgan fingerprint density at radius 1 is 0.864 bits per heavy atom. The van der Waals surface area contributed by atoms with Crippen LogP contribution < -0.4 is 0 Å². The number of hydrogen-bond donors (Lipinski definition) is 0. The van der Waals surface area contributed by atoms with Crippen LogP contribution in [0.3, 0.4) is 0 Å².